The second kappa shape index (κ2) is 5.99. The van der Waals surface area contributed by atoms with Crippen LogP contribution in [0.25, 0.3) is 0 Å². The summed E-state index contributed by atoms with van der Waals surface area (Å²) in [4.78, 5) is 11.3. The number of nitrogens with zero attached hydrogens (tertiary/aromatic N) is 1. The van der Waals surface area contributed by atoms with Crippen LogP contribution in [0.15, 0.2) is 5.16 Å². The zero-order valence-corrected chi connectivity index (χ0v) is 16.0. The van der Waals surface area contributed by atoms with Crippen LogP contribution in [0.2, 0.25) is 0 Å². The van der Waals surface area contributed by atoms with Crippen molar-refractivity contribution in [3.63, 3.8) is 0 Å². The molecule has 0 spiro atoms. The van der Waals surface area contributed by atoms with Gasteiger partial charge < -0.3 is 9.94 Å². The Morgan fingerprint density at radius 2 is 1.92 bits per heavy atom. The molecule has 4 aliphatic carbocycles. The van der Waals surface area contributed by atoms with Crippen LogP contribution in [0, 0.1) is 34.5 Å². The van der Waals surface area contributed by atoms with Gasteiger partial charge in [0.05, 0.1) is 5.71 Å². The Labute approximate surface area is 151 Å². The lowest BCUT2D eigenvalue weighted by Crippen LogP contribution is -2.54. The molecule has 140 valence electrons. The van der Waals surface area contributed by atoms with Crippen molar-refractivity contribution < 1.29 is 14.7 Å². The maximum atomic E-state index is 11.3. The van der Waals surface area contributed by atoms with Gasteiger partial charge in [-0.25, -0.2) is 0 Å². The minimum Gasteiger partial charge on any atom is -0.463 e. The summed E-state index contributed by atoms with van der Waals surface area (Å²) in [6.07, 6.45) is 10.6. The number of ether oxygens (including phenoxy) is 1. The normalized spacial score (nSPS) is 50.7. The molecule has 0 heterocycles. The maximum Gasteiger partial charge on any atom is 0.302 e. The minimum absolute atomic E-state index is 0.127. The van der Waals surface area contributed by atoms with Crippen LogP contribution in [0.4, 0.5) is 0 Å². The van der Waals surface area contributed by atoms with E-state index in [1.807, 2.05) is 0 Å². The average Bonchev–Trinajstić information content (AvgIpc) is 2.91. The molecule has 0 amide bonds. The van der Waals surface area contributed by atoms with Crippen molar-refractivity contribution in [2.45, 2.75) is 84.7 Å². The summed E-state index contributed by atoms with van der Waals surface area (Å²) in [5.41, 5.74) is 1.59. The molecule has 7 atom stereocenters. The van der Waals surface area contributed by atoms with Crippen LogP contribution < -0.4 is 0 Å². The fourth-order valence-corrected chi connectivity index (χ4v) is 7.51. The number of oxime groups is 1. The molecule has 0 aromatic carbocycles. The van der Waals surface area contributed by atoms with Crippen LogP contribution in [0.5, 0.6) is 0 Å². The van der Waals surface area contributed by atoms with E-state index in [9.17, 15) is 10.0 Å². The summed E-state index contributed by atoms with van der Waals surface area (Å²) in [5, 5.41) is 13.1. The van der Waals surface area contributed by atoms with E-state index < -0.39 is 0 Å². The van der Waals surface area contributed by atoms with Crippen LogP contribution in [-0.4, -0.2) is 23.0 Å². The van der Waals surface area contributed by atoms with E-state index in [0.717, 1.165) is 36.8 Å². The molecule has 0 unspecified atom stereocenters. The van der Waals surface area contributed by atoms with E-state index in [1.54, 1.807) is 0 Å². The first-order valence-corrected chi connectivity index (χ1v) is 10.3. The number of fused-ring (bicyclic) bond motifs is 5. The van der Waals surface area contributed by atoms with Crippen LogP contribution in [0.1, 0.15) is 78.6 Å². The Morgan fingerprint density at radius 3 is 2.64 bits per heavy atom. The molecule has 4 nitrogen and oxygen atoms in total. The van der Waals surface area contributed by atoms with Crippen LogP contribution in [0.3, 0.4) is 0 Å². The van der Waals surface area contributed by atoms with Gasteiger partial charge in [0.15, 0.2) is 0 Å². The van der Waals surface area contributed by atoms with E-state index in [1.165, 1.54) is 45.4 Å². The Morgan fingerprint density at radius 1 is 1.12 bits per heavy atom. The molecule has 0 bridgehead atoms. The fraction of sp³-hybridized carbons (Fsp3) is 0.905. The highest BCUT2D eigenvalue weighted by molar-refractivity contribution is 5.91. The Balaban J connectivity index is 1.55. The molecule has 25 heavy (non-hydrogen) atoms. The van der Waals surface area contributed by atoms with Gasteiger partial charge in [-0.1, -0.05) is 19.0 Å². The lowest BCUT2D eigenvalue weighted by Gasteiger charge is -2.60. The highest BCUT2D eigenvalue weighted by Crippen LogP contribution is 2.65. The molecule has 4 rings (SSSR count). The monoisotopic (exact) mass is 347 g/mol. The van der Waals surface area contributed by atoms with Gasteiger partial charge in [-0.15, -0.1) is 0 Å². The van der Waals surface area contributed by atoms with E-state index in [2.05, 4.69) is 19.0 Å². The summed E-state index contributed by atoms with van der Waals surface area (Å²) < 4.78 is 5.55. The second-order valence-electron chi connectivity index (χ2n) is 9.70. The van der Waals surface area contributed by atoms with Crippen molar-refractivity contribution in [3.05, 3.63) is 0 Å². The predicted octanol–water partition coefficient (Wildman–Crippen LogP) is 4.79. The topological polar surface area (TPSA) is 58.9 Å². The van der Waals surface area contributed by atoms with Gasteiger partial charge in [0.25, 0.3) is 0 Å². The maximum absolute atomic E-state index is 11.3. The molecular weight excluding hydrogens is 314 g/mol. The first-order valence-electron chi connectivity index (χ1n) is 10.3. The molecule has 4 saturated carbocycles. The molecule has 4 heteroatoms. The van der Waals surface area contributed by atoms with Gasteiger partial charge in [-0.3, -0.25) is 4.79 Å². The molecule has 4 fully saturated rings. The highest BCUT2D eigenvalue weighted by atomic mass is 16.5. The third-order valence-corrected chi connectivity index (χ3v) is 8.81. The van der Waals surface area contributed by atoms with E-state index >= 15 is 0 Å². The number of carbonyl (C=O) groups excluding carboxylic acids is 1. The number of carbonyl (C=O) groups is 1. The van der Waals surface area contributed by atoms with Crippen molar-refractivity contribution >= 4 is 11.7 Å². The molecule has 4 aliphatic rings. The SMILES string of the molecule is CC(=O)O[C@H]1CC[C@@]2(C)[C@@H](CC[C@H]3[C@H]4CC/C(=N\O)[C@@]4(C)CC[C@@H]32)C1. The number of rotatable bonds is 1. The van der Waals surface area contributed by atoms with Crippen LogP contribution in [-0.2, 0) is 9.53 Å². The van der Waals surface area contributed by atoms with Crippen molar-refractivity contribution in [2.75, 3.05) is 0 Å². The molecule has 0 aromatic heterocycles. The second-order valence-corrected chi connectivity index (χ2v) is 9.70. The van der Waals surface area contributed by atoms with E-state index in [4.69, 9.17) is 4.74 Å². The summed E-state index contributed by atoms with van der Waals surface area (Å²) in [6, 6.07) is 0. The molecule has 1 N–H and O–H groups in total. The lowest BCUT2D eigenvalue weighted by molar-refractivity contribution is -0.158. The van der Waals surface area contributed by atoms with Gasteiger partial charge in [-0.2, -0.15) is 0 Å². The fourth-order valence-electron chi connectivity index (χ4n) is 7.51. The van der Waals surface area contributed by atoms with Crippen molar-refractivity contribution in [2.24, 2.45) is 39.7 Å². The predicted molar refractivity (Wildman–Crippen MR) is 96.5 cm³/mol. The summed E-state index contributed by atoms with van der Waals surface area (Å²) in [5.74, 6) is 2.84. The molecule has 0 aliphatic heterocycles. The third-order valence-electron chi connectivity index (χ3n) is 8.81. The van der Waals surface area contributed by atoms with E-state index in [-0.39, 0.29) is 17.5 Å². The quantitative estimate of drug-likeness (QED) is 0.421. The van der Waals surface area contributed by atoms with Gasteiger partial charge in [-0.05, 0) is 86.9 Å². The van der Waals surface area contributed by atoms with Gasteiger partial charge in [0.2, 0.25) is 0 Å². The zero-order valence-electron chi connectivity index (χ0n) is 16.0. The molecule has 0 saturated heterocycles. The first-order chi connectivity index (χ1) is 11.9. The number of esters is 1. The standard InChI is InChI=1S/C21H33NO3/c1-13(23)25-15-8-10-20(2)14(12-15)4-5-16-17-6-7-19(22-24)21(17,3)11-9-18(16)20/h14-18,24H,4-12H2,1-3H3/b22-19+/t14-,15-,16-,17+,18-,20-,21-/m0/s1. The number of hydrogen-bond donors (Lipinski definition) is 1. The molecule has 0 aromatic rings. The van der Waals surface area contributed by atoms with Crippen molar-refractivity contribution in [1.29, 1.82) is 0 Å². The Bertz CT molecular complexity index is 588. The minimum atomic E-state index is -0.127. The average molecular weight is 347 g/mol. The van der Waals surface area contributed by atoms with E-state index in [0.29, 0.717) is 17.3 Å². The van der Waals surface area contributed by atoms with Crippen LogP contribution >= 0.6 is 0 Å². The lowest BCUT2D eigenvalue weighted by atomic mass is 9.45. The summed E-state index contributed by atoms with van der Waals surface area (Å²) >= 11 is 0. The third kappa shape index (κ3) is 2.54. The first kappa shape index (κ1) is 17.4. The molecular formula is C21H33NO3. The smallest absolute Gasteiger partial charge is 0.302 e. The van der Waals surface area contributed by atoms with Gasteiger partial charge in [0.1, 0.15) is 6.10 Å². The Hall–Kier alpha value is -1.06. The summed E-state index contributed by atoms with van der Waals surface area (Å²) in [7, 11) is 0. The molecule has 0 radical (unpaired) electrons. The summed E-state index contributed by atoms with van der Waals surface area (Å²) in [6.45, 7) is 6.41. The number of hydrogen-bond acceptors (Lipinski definition) is 4. The van der Waals surface area contributed by atoms with Gasteiger partial charge in [0, 0.05) is 12.3 Å². The van der Waals surface area contributed by atoms with Gasteiger partial charge >= 0.3 is 5.97 Å². The zero-order chi connectivity index (χ0) is 17.8. The highest BCUT2D eigenvalue weighted by Gasteiger charge is 2.59. The Kier molecular flexibility index (Phi) is 4.16. The largest absolute Gasteiger partial charge is 0.463 e. The van der Waals surface area contributed by atoms with Crippen molar-refractivity contribution in [1.82, 2.24) is 0 Å². The van der Waals surface area contributed by atoms with Crippen molar-refractivity contribution in [3.8, 4) is 0 Å².